The van der Waals surface area contributed by atoms with Gasteiger partial charge in [-0.25, -0.2) is 15.2 Å². The average molecular weight is 238 g/mol. The van der Waals surface area contributed by atoms with Crippen LogP contribution in [0.3, 0.4) is 0 Å². The van der Waals surface area contributed by atoms with Crippen LogP contribution in [0.1, 0.15) is 25.3 Å². The summed E-state index contributed by atoms with van der Waals surface area (Å²) in [5.74, 6) is 5.66. The largest absolute Gasteiger partial charge is 0.355 e. The Kier molecular flexibility index (Phi) is 6.03. The summed E-state index contributed by atoms with van der Waals surface area (Å²) in [5.41, 5.74) is 3.45. The number of guanidine groups is 1. The molecule has 1 rings (SSSR count). The Morgan fingerprint density at radius 2 is 2.06 bits per heavy atom. The zero-order valence-corrected chi connectivity index (χ0v) is 10.0. The van der Waals surface area contributed by atoms with Crippen LogP contribution in [-0.4, -0.2) is 12.5 Å². The molecule has 1 aromatic rings. The maximum Gasteiger partial charge on any atom is 0.206 e. The Balaban J connectivity index is 2.46. The third kappa shape index (κ3) is 5.31. The molecule has 0 bridgehead atoms. The number of hydrogen-bond donors (Lipinski definition) is 3. The van der Waals surface area contributed by atoms with Crippen molar-refractivity contribution in [3.05, 3.63) is 35.6 Å². The topological polar surface area (TPSA) is 62.4 Å². The van der Waals surface area contributed by atoms with Gasteiger partial charge in [0.1, 0.15) is 5.82 Å². The molecule has 94 valence electrons. The van der Waals surface area contributed by atoms with E-state index in [0.29, 0.717) is 12.5 Å². The maximum atomic E-state index is 12.7. The summed E-state index contributed by atoms with van der Waals surface area (Å²) in [5, 5.41) is 3.09. The monoisotopic (exact) mass is 238 g/mol. The van der Waals surface area contributed by atoms with Crippen molar-refractivity contribution in [2.24, 2.45) is 10.8 Å². The molecule has 0 heterocycles. The standard InChI is InChI=1S/C12H19FN4/c1-2-3-8-15-12(17-14)16-9-10-4-6-11(13)7-5-10/h4-7H,2-3,8-9,14H2,1H3,(H2,15,16,17). The van der Waals surface area contributed by atoms with Gasteiger partial charge in [-0.05, 0) is 24.1 Å². The second-order valence-electron chi connectivity index (χ2n) is 3.72. The molecule has 1 aromatic carbocycles. The van der Waals surface area contributed by atoms with Gasteiger partial charge in [-0.1, -0.05) is 25.5 Å². The molecule has 0 amide bonds. The highest BCUT2D eigenvalue weighted by molar-refractivity contribution is 5.79. The summed E-state index contributed by atoms with van der Waals surface area (Å²) >= 11 is 0. The molecular weight excluding hydrogens is 219 g/mol. The minimum Gasteiger partial charge on any atom is -0.355 e. The Labute approximate surface area is 101 Å². The van der Waals surface area contributed by atoms with Gasteiger partial charge in [0.05, 0.1) is 6.54 Å². The van der Waals surface area contributed by atoms with Crippen LogP contribution >= 0.6 is 0 Å². The van der Waals surface area contributed by atoms with E-state index in [9.17, 15) is 4.39 Å². The van der Waals surface area contributed by atoms with Gasteiger partial charge in [-0.2, -0.15) is 0 Å². The number of nitrogens with one attached hydrogen (secondary N) is 2. The zero-order chi connectivity index (χ0) is 12.5. The first-order valence-corrected chi connectivity index (χ1v) is 5.75. The lowest BCUT2D eigenvalue weighted by molar-refractivity contribution is 0.627. The number of unbranched alkanes of at least 4 members (excludes halogenated alkanes) is 1. The van der Waals surface area contributed by atoms with Crippen LogP contribution in [-0.2, 0) is 6.54 Å². The van der Waals surface area contributed by atoms with E-state index < -0.39 is 0 Å². The fourth-order valence-electron chi connectivity index (χ4n) is 1.30. The van der Waals surface area contributed by atoms with Crippen molar-refractivity contribution in [2.45, 2.75) is 26.3 Å². The molecule has 17 heavy (non-hydrogen) atoms. The van der Waals surface area contributed by atoms with E-state index in [0.717, 1.165) is 24.9 Å². The number of benzene rings is 1. The normalized spacial score (nSPS) is 11.4. The van der Waals surface area contributed by atoms with Crippen molar-refractivity contribution in [2.75, 3.05) is 6.54 Å². The van der Waals surface area contributed by atoms with Gasteiger partial charge in [0.15, 0.2) is 0 Å². The van der Waals surface area contributed by atoms with Gasteiger partial charge in [0.2, 0.25) is 5.96 Å². The Hall–Kier alpha value is -1.62. The van der Waals surface area contributed by atoms with Crippen LogP contribution in [0.15, 0.2) is 29.3 Å². The fraction of sp³-hybridized carbons (Fsp3) is 0.417. The quantitative estimate of drug-likeness (QED) is 0.240. The lowest BCUT2D eigenvalue weighted by Crippen LogP contribution is -2.41. The van der Waals surface area contributed by atoms with Crippen LogP contribution < -0.4 is 16.6 Å². The Morgan fingerprint density at radius 3 is 2.65 bits per heavy atom. The second-order valence-corrected chi connectivity index (χ2v) is 3.72. The van der Waals surface area contributed by atoms with Crippen molar-refractivity contribution in [1.29, 1.82) is 0 Å². The van der Waals surface area contributed by atoms with E-state index in [1.165, 1.54) is 12.1 Å². The van der Waals surface area contributed by atoms with Gasteiger partial charge < -0.3 is 5.32 Å². The number of hydrogen-bond acceptors (Lipinski definition) is 2. The first kappa shape index (κ1) is 13.4. The first-order valence-electron chi connectivity index (χ1n) is 5.75. The SMILES string of the molecule is CCCCNC(=NCc1ccc(F)cc1)NN. The molecule has 0 saturated carbocycles. The molecule has 0 aliphatic rings. The van der Waals surface area contributed by atoms with Crippen molar-refractivity contribution >= 4 is 5.96 Å². The van der Waals surface area contributed by atoms with Gasteiger partial charge in [-0.15, -0.1) is 0 Å². The molecule has 0 aromatic heterocycles. The van der Waals surface area contributed by atoms with Crippen LogP contribution in [0.4, 0.5) is 4.39 Å². The number of nitrogens with zero attached hydrogens (tertiary/aromatic N) is 1. The summed E-state index contributed by atoms with van der Waals surface area (Å²) in [6.07, 6.45) is 2.18. The highest BCUT2D eigenvalue weighted by atomic mass is 19.1. The lowest BCUT2D eigenvalue weighted by atomic mass is 10.2. The van der Waals surface area contributed by atoms with Crippen LogP contribution in [0.2, 0.25) is 0 Å². The molecule has 0 radical (unpaired) electrons. The maximum absolute atomic E-state index is 12.7. The Bertz CT molecular complexity index is 348. The smallest absolute Gasteiger partial charge is 0.206 e. The molecule has 0 spiro atoms. The number of nitrogens with two attached hydrogens (primary N) is 1. The molecule has 0 unspecified atom stereocenters. The molecular formula is C12H19FN4. The number of hydrazine groups is 1. The van der Waals surface area contributed by atoms with Crippen LogP contribution in [0, 0.1) is 5.82 Å². The van der Waals surface area contributed by atoms with E-state index in [-0.39, 0.29) is 5.82 Å². The highest BCUT2D eigenvalue weighted by Crippen LogP contribution is 2.03. The van der Waals surface area contributed by atoms with Crippen LogP contribution in [0.5, 0.6) is 0 Å². The molecule has 0 aliphatic carbocycles. The summed E-state index contributed by atoms with van der Waals surface area (Å²) in [4.78, 5) is 4.26. The summed E-state index contributed by atoms with van der Waals surface area (Å²) in [6.45, 7) is 3.43. The predicted octanol–water partition coefficient (Wildman–Crippen LogP) is 1.53. The van der Waals surface area contributed by atoms with Crippen LogP contribution in [0.25, 0.3) is 0 Å². The first-order chi connectivity index (χ1) is 8.26. The molecule has 4 N–H and O–H groups in total. The number of rotatable bonds is 5. The molecule has 0 aliphatic heterocycles. The second kappa shape index (κ2) is 7.62. The molecule has 5 heteroatoms. The van der Waals surface area contributed by atoms with Gasteiger partial charge in [0.25, 0.3) is 0 Å². The average Bonchev–Trinajstić information content (AvgIpc) is 2.35. The summed E-state index contributed by atoms with van der Waals surface area (Å²) in [6, 6.07) is 6.26. The summed E-state index contributed by atoms with van der Waals surface area (Å²) in [7, 11) is 0. The molecule has 0 fully saturated rings. The molecule has 4 nitrogen and oxygen atoms in total. The van der Waals surface area contributed by atoms with Crippen molar-refractivity contribution in [3.63, 3.8) is 0 Å². The zero-order valence-electron chi connectivity index (χ0n) is 10.0. The van der Waals surface area contributed by atoms with E-state index >= 15 is 0 Å². The number of aliphatic imine (C=N–C) groups is 1. The Morgan fingerprint density at radius 1 is 1.35 bits per heavy atom. The third-order valence-corrected chi connectivity index (χ3v) is 2.29. The third-order valence-electron chi connectivity index (χ3n) is 2.29. The van der Waals surface area contributed by atoms with Gasteiger partial charge in [0, 0.05) is 6.54 Å². The van der Waals surface area contributed by atoms with Gasteiger partial charge in [-0.3, -0.25) is 5.43 Å². The lowest BCUT2D eigenvalue weighted by Gasteiger charge is -2.08. The van der Waals surface area contributed by atoms with E-state index in [4.69, 9.17) is 5.84 Å². The van der Waals surface area contributed by atoms with Crippen molar-refractivity contribution in [3.8, 4) is 0 Å². The predicted molar refractivity (Wildman–Crippen MR) is 67.8 cm³/mol. The molecule has 0 saturated heterocycles. The minimum absolute atomic E-state index is 0.240. The van der Waals surface area contributed by atoms with E-state index in [1.807, 2.05) is 0 Å². The van der Waals surface area contributed by atoms with Gasteiger partial charge >= 0.3 is 0 Å². The molecule has 0 atom stereocenters. The fourth-order valence-corrected chi connectivity index (χ4v) is 1.30. The highest BCUT2D eigenvalue weighted by Gasteiger charge is 1.96. The van der Waals surface area contributed by atoms with Crippen molar-refractivity contribution < 1.29 is 4.39 Å². The van der Waals surface area contributed by atoms with Crippen molar-refractivity contribution in [1.82, 2.24) is 10.7 Å². The summed E-state index contributed by atoms with van der Waals surface area (Å²) < 4.78 is 12.7. The number of halogens is 1. The minimum atomic E-state index is -0.240. The van der Waals surface area contributed by atoms with E-state index in [1.54, 1.807) is 12.1 Å². The van der Waals surface area contributed by atoms with E-state index in [2.05, 4.69) is 22.7 Å².